The molecule has 2 fully saturated rings. The van der Waals surface area contributed by atoms with Crippen LogP contribution in [0, 0.1) is 0 Å². The van der Waals surface area contributed by atoms with Crippen LogP contribution in [0.5, 0.6) is 0 Å². The second kappa shape index (κ2) is 73.7. The van der Waals surface area contributed by atoms with Gasteiger partial charge in [0.1, 0.15) is 63.0 Å². The van der Waals surface area contributed by atoms with Gasteiger partial charge in [0.05, 0.1) is 156 Å². The zero-order valence-corrected chi connectivity index (χ0v) is 90.2. The molecule has 0 aliphatic carbocycles. The summed E-state index contributed by atoms with van der Waals surface area (Å²) in [6, 6.07) is 6.87. The molecular weight excluding hydrogens is 1800 g/mol. The maximum atomic E-state index is 9.89. The van der Waals surface area contributed by atoms with E-state index in [-0.39, 0.29) is 167 Å². The summed E-state index contributed by atoms with van der Waals surface area (Å²) in [5.74, 6) is 0. The molecule has 0 saturated carbocycles. The van der Waals surface area contributed by atoms with E-state index in [2.05, 4.69) is 0 Å². The number of hydrogen-bond donors (Lipinski definition) is 8. The summed E-state index contributed by atoms with van der Waals surface area (Å²) in [7, 11) is -2.96. The van der Waals surface area contributed by atoms with Crippen molar-refractivity contribution in [1.82, 2.24) is 0 Å². The van der Waals surface area contributed by atoms with Crippen molar-refractivity contribution >= 4 is 75.1 Å². The van der Waals surface area contributed by atoms with E-state index in [1.54, 1.807) is 71.1 Å². The summed E-state index contributed by atoms with van der Waals surface area (Å²) < 4.78 is 170. The van der Waals surface area contributed by atoms with Crippen LogP contribution in [0.25, 0.3) is 0 Å². The zero-order valence-electron chi connectivity index (χ0n) is 81.2. The minimum atomic E-state index is -2.21. The number of hydrogen-bond acceptors (Lipinski definition) is 36. The number of aliphatic hydroxyl groups excluding tert-OH is 8. The molecule has 2 aliphatic heterocycles. The van der Waals surface area contributed by atoms with Gasteiger partial charge in [0, 0.05) is 143 Å². The van der Waals surface area contributed by atoms with Crippen molar-refractivity contribution in [2.24, 2.45) is 0 Å². The van der Waals surface area contributed by atoms with Crippen molar-refractivity contribution in [2.75, 3.05) is 299 Å². The van der Waals surface area contributed by atoms with Crippen molar-refractivity contribution in [1.29, 1.82) is 0 Å². The maximum absolute atomic E-state index is 9.89. The highest BCUT2D eigenvalue weighted by atomic mass is 28.4. The molecule has 2 heterocycles. The molecule has 126 heavy (non-hydrogen) atoms. The highest BCUT2D eigenvalue weighted by Gasteiger charge is 2.36. The Labute approximate surface area is 766 Å². The lowest BCUT2D eigenvalue weighted by molar-refractivity contribution is -0.166. The van der Waals surface area contributed by atoms with Gasteiger partial charge in [-0.25, -0.2) is 0 Å². The molecule has 0 amide bonds. The summed E-state index contributed by atoms with van der Waals surface area (Å²) in [4.78, 5) is 0. The van der Waals surface area contributed by atoms with Crippen LogP contribution in [-0.2, 0) is 130 Å². The number of rotatable bonds is 72. The van der Waals surface area contributed by atoms with E-state index in [1.165, 1.54) is 0 Å². The summed E-state index contributed by atoms with van der Waals surface area (Å²) >= 11 is 0. The van der Waals surface area contributed by atoms with E-state index in [1.807, 2.05) is 58.9 Å². The van der Waals surface area contributed by atoms with Crippen LogP contribution in [0.15, 0.2) is 0 Å². The quantitative estimate of drug-likeness (QED) is 0.0274. The normalized spacial score (nSPS) is 23.5. The summed E-state index contributed by atoms with van der Waals surface area (Å²) in [5.41, 5.74) is 0. The molecule has 36 nitrogen and oxygen atoms in total. The highest BCUT2D eigenvalue weighted by molar-refractivity contribution is 6.78. The summed E-state index contributed by atoms with van der Waals surface area (Å²) in [6.07, 6.45) is 2.86. The molecule has 45 heteroatoms. The molecular formula is C81H180O36Si9. The molecule has 15 unspecified atom stereocenters. The third kappa shape index (κ3) is 58.3. The Morgan fingerprint density at radius 3 is 0.444 bits per heavy atom. The minimum Gasteiger partial charge on any atom is -0.418 e. The molecule has 2 saturated heterocycles. The van der Waals surface area contributed by atoms with E-state index in [0.717, 1.165) is 74.0 Å². The average Bonchev–Trinajstić information content (AvgIpc) is 1.73. The molecule has 756 valence electrons. The lowest BCUT2D eigenvalue weighted by Crippen LogP contribution is -2.41. The van der Waals surface area contributed by atoms with E-state index in [0.29, 0.717) is 124 Å². The van der Waals surface area contributed by atoms with Gasteiger partial charge in [-0.15, -0.1) is 0 Å². The van der Waals surface area contributed by atoms with Gasteiger partial charge in [0.2, 0.25) is 49.9 Å². The van der Waals surface area contributed by atoms with Gasteiger partial charge in [-0.1, -0.05) is 12.6 Å². The van der Waals surface area contributed by atoms with Crippen molar-refractivity contribution in [3.05, 3.63) is 0 Å². The standard InChI is InChI=1S/C45H100O20Si5.C36H80O16Si4/c1-52-67(6,37-48)21-11-16-57-26-42-31-61-41(25-56-15-10-20-66(5,35-46)36-47)30-62-43(27-58-17-12-22-68(7,38-49)53-2)32-64-45(29-60-19-14-24-70(9,40-51)55-4)34-65-44(33-63-42)28-59-18-13-23-69(8,39-50)54-3;1-39-53(7,31-37)19-11-15-45-23-33-27-51-36(26-48-18-14-22-56(10,43-5)44-6)30-50-34(24-46-16-12-20-54(8,32-38)40-2)28-52-35(29-49-33)25-47-17-13-21-55(9,41-3)42-4/h41-51H,10-40H2,1-9H3;33-38H,11-32H2,1-10H3. The van der Waals surface area contributed by atoms with Crippen LogP contribution in [0.3, 0.4) is 0 Å². The van der Waals surface area contributed by atoms with Gasteiger partial charge in [0.15, 0.2) is 0 Å². The molecule has 0 spiro atoms. The second-order valence-electron chi connectivity index (χ2n) is 35.3. The van der Waals surface area contributed by atoms with Crippen molar-refractivity contribution in [3.63, 3.8) is 0 Å². The molecule has 0 aromatic rings. The van der Waals surface area contributed by atoms with Gasteiger partial charge >= 0.3 is 17.1 Å². The molecule has 0 bridgehead atoms. The topological polar surface area (TPSA) is 420 Å². The Hall–Kier alpha value is 0.512. The van der Waals surface area contributed by atoms with Crippen LogP contribution in [0.4, 0.5) is 0 Å². The van der Waals surface area contributed by atoms with Crippen LogP contribution < -0.4 is 0 Å². The highest BCUT2D eigenvalue weighted by Crippen LogP contribution is 2.23. The van der Waals surface area contributed by atoms with Gasteiger partial charge in [-0.3, -0.25) is 0 Å². The first-order valence-electron chi connectivity index (χ1n) is 45.4. The van der Waals surface area contributed by atoms with E-state index in [9.17, 15) is 40.9 Å². The fraction of sp³-hybridized carbons (Fsp3) is 1.00. The molecule has 0 radical (unpaired) electrons. The molecule has 15 atom stereocenters. The average molecular weight is 1980 g/mol. The van der Waals surface area contributed by atoms with Gasteiger partial charge in [-0.05, 0) is 159 Å². The Kier molecular flexibility index (Phi) is 72.8. The lowest BCUT2D eigenvalue weighted by atomic mass is 10.3. The van der Waals surface area contributed by atoms with E-state index < -0.39 is 106 Å². The molecule has 2 aliphatic rings. The van der Waals surface area contributed by atoms with Crippen LogP contribution in [0.2, 0.25) is 113 Å². The third-order valence-corrected chi connectivity index (χ3v) is 51.2. The van der Waals surface area contributed by atoms with E-state index >= 15 is 0 Å². The molecule has 2 rings (SSSR count). The Balaban J connectivity index is 0.00000129. The summed E-state index contributed by atoms with van der Waals surface area (Å²) in [6.45, 7) is 26.5. The zero-order chi connectivity index (χ0) is 94.0. The first-order chi connectivity index (χ1) is 60.3. The Morgan fingerprint density at radius 2 is 0.325 bits per heavy atom. The van der Waals surface area contributed by atoms with Crippen LogP contribution in [0.1, 0.15) is 57.8 Å². The minimum absolute atomic E-state index is 0.00696. The van der Waals surface area contributed by atoms with Crippen LogP contribution >= 0.6 is 0 Å². The lowest BCUT2D eigenvalue weighted by Gasteiger charge is -2.29. The largest absolute Gasteiger partial charge is 0.418 e. The Morgan fingerprint density at radius 1 is 0.190 bits per heavy atom. The van der Waals surface area contributed by atoms with Crippen LogP contribution in [-0.4, -0.2) is 470 Å². The fourth-order valence-corrected chi connectivity index (χ4v) is 25.0. The van der Waals surface area contributed by atoms with Crippen molar-refractivity contribution in [3.8, 4) is 0 Å². The predicted octanol–water partition coefficient (Wildman–Crippen LogP) is 5.52. The SMILES string of the molecule is CO[Si](C)(CO)CCCOCC1COC(COCCC[Si](C)(CO)CO)COC(COCCC[Si](C)(CO)OC)COC(COCCC[Si](C)(CO)OC)COC(COCCC[Si](C)(CO)OC)CO1.CO[Si](C)(CO)CCCOCC1COC(COCCC[Si](C)(OC)OC)COC(COCCC[Si](C)(CO)OC)COC(COCCC[Si](C)(OC)OC)CO1. The monoisotopic (exact) mass is 1980 g/mol. The van der Waals surface area contributed by atoms with Crippen molar-refractivity contribution in [2.45, 2.75) is 226 Å². The third-order valence-electron chi connectivity index (χ3n) is 23.7. The number of ether oxygens (including phenoxy) is 18. The smallest absolute Gasteiger partial charge is 0.334 e. The summed E-state index contributed by atoms with van der Waals surface area (Å²) in [5, 5.41) is 78.8. The van der Waals surface area contributed by atoms with Gasteiger partial charge in [-0.2, -0.15) is 0 Å². The van der Waals surface area contributed by atoms with Gasteiger partial charge < -0.3 is 170 Å². The van der Waals surface area contributed by atoms with Crippen molar-refractivity contribution < 1.29 is 170 Å². The van der Waals surface area contributed by atoms with Gasteiger partial charge in [0.25, 0.3) is 0 Å². The predicted molar refractivity (Wildman–Crippen MR) is 501 cm³/mol. The Bertz CT molecular complexity index is 2090. The molecule has 8 N–H and O–H groups in total. The number of aliphatic hydroxyl groups is 8. The molecule has 0 aromatic carbocycles. The first kappa shape index (κ1) is 125. The fourth-order valence-electron chi connectivity index (χ4n) is 12.6. The maximum Gasteiger partial charge on any atom is 0.334 e. The first-order valence-corrected chi connectivity index (χ1v) is 70.5. The molecule has 0 aromatic heterocycles. The second-order valence-corrected chi connectivity index (χ2v) is 72.0. The van der Waals surface area contributed by atoms with E-state index in [4.69, 9.17) is 130 Å².